The van der Waals surface area contributed by atoms with Crippen LogP contribution in [-0.4, -0.2) is 49.2 Å². The van der Waals surface area contributed by atoms with Gasteiger partial charge < -0.3 is 9.47 Å². The maximum absolute atomic E-state index is 5.68. The number of ether oxygens (including phenoxy) is 2. The number of piperidine rings is 1. The summed E-state index contributed by atoms with van der Waals surface area (Å²) < 4.78 is 11.3. The van der Waals surface area contributed by atoms with Gasteiger partial charge in [0.05, 0.1) is 14.2 Å². The molecule has 2 atom stereocenters. The quantitative estimate of drug-likeness (QED) is 0.705. The Morgan fingerprint density at radius 3 is 2.20 bits per heavy atom. The molecule has 160 valence electrons. The summed E-state index contributed by atoms with van der Waals surface area (Å²) in [6.45, 7) is 4.44. The van der Waals surface area contributed by atoms with Crippen LogP contribution in [0.3, 0.4) is 0 Å². The van der Waals surface area contributed by atoms with E-state index in [1.165, 1.54) is 48.9 Å². The molecule has 0 spiro atoms. The number of hydrogen-bond acceptors (Lipinski definition) is 4. The van der Waals surface area contributed by atoms with Crippen LogP contribution in [0, 0.1) is 5.92 Å². The highest BCUT2D eigenvalue weighted by atomic mass is 16.5. The fraction of sp³-hybridized carbons (Fsp3) is 0.538. The monoisotopic (exact) mass is 406 g/mol. The van der Waals surface area contributed by atoms with Crippen LogP contribution in [0.1, 0.15) is 42.4 Å². The highest BCUT2D eigenvalue weighted by Crippen LogP contribution is 2.41. The molecule has 2 bridgehead atoms. The molecule has 0 aliphatic carbocycles. The largest absolute Gasteiger partial charge is 0.496 e. The lowest BCUT2D eigenvalue weighted by molar-refractivity contribution is 0.0738. The zero-order chi connectivity index (χ0) is 20.5. The van der Waals surface area contributed by atoms with Crippen LogP contribution in [0.25, 0.3) is 0 Å². The first-order valence-electron chi connectivity index (χ1n) is 11.5. The summed E-state index contributed by atoms with van der Waals surface area (Å²) in [5.74, 6) is 2.83. The highest BCUT2D eigenvalue weighted by molar-refractivity contribution is 5.50. The molecular weight excluding hydrogens is 372 g/mol. The van der Waals surface area contributed by atoms with Crippen LogP contribution in [0.4, 0.5) is 0 Å². The average molecular weight is 407 g/mol. The molecule has 2 unspecified atom stereocenters. The molecule has 0 amide bonds. The molecule has 0 aromatic heterocycles. The second-order valence-corrected chi connectivity index (χ2v) is 9.29. The Hall–Kier alpha value is -2.04. The first kappa shape index (κ1) is 19.9. The lowest BCUT2D eigenvalue weighted by Gasteiger charge is -2.41. The first-order chi connectivity index (χ1) is 14.7. The van der Waals surface area contributed by atoms with Crippen molar-refractivity contribution in [2.24, 2.45) is 5.92 Å². The number of hydrogen-bond donors (Lipinski definition) is 0. The van der Waals surface area contributed by atoms with E-state index in [1.54, 1.807) is 14.2 Å². The molecular formula is C26H34N2O2. The SMILES string of the molecule is COc1ccc(OC)c2c1CCN(CC1CC3CCC(C1)N3Cc1ccccc1)C2. The Labute approximate surface area is 180 Å². The van der Waals surface area contributed by atoms with Gasteiger partial charge in [0.15, 0.2) is 0 Å². The molecule has 0 radical (unpaired) electrons. The van der Waals surface area contributed by atoms with E-state index in [0.29, 0.717) is 0 Å². The summed E-state index contributed by atoms with van der Waals surface area (Å²) in [7, 11) is 3.55. The fourth-order valence-electron chi connectivity index (χ4n) is 6.16. The van der Waals surface area contributed by atoms with Gasteiger partial charge in [-0.15, -0.1) is 0 Å². The third-order valence-electron chi connectivity index (χ3n) is 7.55. The van der Waals surface area contributed by atoms with Crippen molar-refractivity contribution in [3.8, 4) is 11.5 Å². The summed E-state index contributed by atoms with van der Waals surface area (Å²) >= 11 is 0. The number of rotatable bonds is 6. The van der Waals surface area contributed by atoms with Crippen molar-refractivity contribution in [3.63, 3.8) is 0 Å². The molecule has 2 fully saturated rings. The summed E-state index contributed by atoms with van der Waals surface area (Å²) in [5.41, 5.74) is 4.12. The topological polar surface area (TPSA) is 24.9 Å². The summed E-state index contributed by atoms with van der Waals surface area (Å²) in [4.78, 5) is 5.45. The van der Waals surface area contributed by atoms with Crippen molar-refractivity contribution in [1.82, 2.24) is 9.80 Å². The molecule has 2 saturated heterocycles. The molecule has 0 saturated carbocycles. The normalized spacial score (nSPS) is 26.4. The van der Waals surface area contributed by atoms with Crippen LogP contribution >= 0.6 is 0 Å². The lowest BCUT2D eigenvalue weighted by Crippen LogP contribution is -2.45. The summed E-state index contributed by atoms with van der Waals surface area (Å²) in [6, 6.07) is 16.6. The van der Waals surface area contributed by atoms with E-state index in [9.17, 15) is 0 Å². The van der Waals surface area contributed by atoms with Crippen molar-refractivity contribution < 1.29 is 9.47 Å². The Balaban J connectivity index is 1.23. The molecule has 3 heterocycles. The van der Waals surface area contributed by atoms with Gasteiger partial charge in [-0.05, 0) is 55.7 Å². The van der Waals surface area contributed by atoms with Gasteiger partial charge in [-0.25, -0.2) is 0 Å². The molecule has 30 heavy (non-hydrogen) atoms. The van der Waals surface area contributed by atoms with Gasteiger partial charge in [0, 0.05) is 49.4 Å². The van der Waals surface area contributed by atoms with Crippen molar-refractivity contribution in [3.05, 3.63) is 59.2 Å². The van der Waals surface area contributed by atoms with Gasteiger partial charge >= 0.3 is 0 Å². The van der Waals surface area contributed by atoms with Crippen molar-refractivity contribution in [1.29, 1.82) is 0 Å². The first-order valence-corrected chi connectivity index (χ1v) is 11.5. The van der Waals surface area contributed by atoms with Gasteiger partial charge in [-0.3, -0.25) is 9.80 Å². The zero-order valence-corrected chi connectivity index (χ0v) is 18.3. The standard InChI is InChI=1S/C26H34N2O2/c1-29-25-10-11-26(30-2)24-18-27(13-12-23(24)25)16-20-14-21-8-9-22(15-20)28(21)17-19-6-4-3-5-7-19/h3-7,10-11,20-22H,8-9,12-18H2,1-2H3. The number of fused-ring (bicyclic) bond motifs is 3. The average Bonchev–Trinajstić information content (AvgIpc) is 3.01. The maximum atomic E-state index is 5.68. The number of methoxy groups -OCH3 is 2. The highest BCUT2D eigenvalue weighted by Gasteiger charge is 2.41. The molecule has 0 N–H and O–H groups in total. The van der Waals surface area contributed by atoms with Crippen molar-refractivity contribution in [2.75, 3.05) is 27.3 Å². The minimum Gasteiger partial charge on any atom is -0.496 e. The van der Waals surface area contributed by atoms with Crippen LogP contribution < -0.4 is 9.47 Å². The van der Waals surface area contributed by atoms with Gasteiger partial charge in [0.25, 0.3) is 0 Å². The van der Waals surface area contributed by atoms with E-state index in [1.807, 2.05) is 6.07 Å². The van der Waals surface area contributed by atoms with E-state index in [4.69, 9.17) is 9.47 Å². The Morgan fingerprint density at radius 2 is 1.53 bits per heavy atom. The predicted octanol–water partition coefficient (Wildman–Crippen LogP) is 4.51. The molecule has 4 nitrogen and oxygen atoms in total. The second kappa shape index (κ2) is 8.60. The van der Waals surface area contributed by atoms with Crippen LogP contribution in [0.15, 0.2) is 42.5 Å². The summed E-state index contributed by atoms with van der Waals surface area (Å²) in [6.07, 6.45) is 6.50. The minimum atomic E-state index is 0.765. The number of benzene rings is 2. The third-order valence-corrected chi connectivity index (χ3v) is 7.55. The van der Waals surface area contributed by atoms with Crippen molar-refractivity contribution in [2.45, 2.75) is 57.3 Å². The Kier molecular flexibility index (Phi) is 5.70. The zero-order valence-electron chi connectivity index (χ0n) is 18.3. The second-order valence-electron chi connectivity index (χ2n) is 9.29. The molecule has 5 rings (SSSR count). The lowest BCUT2D eigenvalue weighted by atomic mass is 9.88. The van der Waals surface area contributed by atoms with Gasteiger partial charge in [-0.2, -0.15) is 0 Å². The fourth-order valence-corrected chi connectivity index (χ4v) is 6.16. The number of nitrogens with zero attached hydrogens (tertiary/aromatic N) is 2. The molecule has 3 aliphatic rings. The summed E-state index contributed by atoms with van der Waals surface area (Å²) in [5, 5.41) is 0. The molecule has 3 aliphatic heterocycles. The predicted molar refractivity (Wildman–Crippen MR) is 120 cm³/mol. The van der Waals surface area contributed by atoms with E-state index < -0.39 is 0 Å². The maximum Gasteiger partial charge on any atom is 0.123 e. The van der Waals surface area contributed by atoms with E-state index in [-0.39, 0.29) is 0 Å². The van der Waals surface area contributed by atoms with Crippen LogP contribution in [0.5, 0.6) is 11.5 Å². The third kappa shape index (κ3) is 3.83. The molecule has 4 heteroatoms. The van der Waals surface area contributed by atoms with Gasteiger partial charge in [0.2, 0.25) is 0 Å². The smallest absolute Gasteiger partial charge is 0.123 e. The Morgan fingerprint density at radius 1 is 0.867 bits per heavy atom. The Bertz CT molecular complexity index is 855. The van der Waals surface area contributed by atoms with E-state index in [0.717, 1.165) is 55.6 Å². The van der Waals surface area contributed by atoms with E-state index >= 15 is 0 Å². The van der Waals surface area contributed by atoms with Crippen molar-refractivity contribution >= 4 is 0 Å². The van der Waals surface area contributed by atoms with E-state index in [2.05, 4.69) is 46.2 Å². The van der Waals surface area contributed by atoms with Crippen LogP contribution in [0.2, 0.25) is 0 Å². The minimum absolute atomic E-state index is 0.765. The van der Waals surface area contributed by atoms with Crippen LogP contribution in [-0.2, 0) is 19.5 Å². The molecule has 2 aromatic carbocycles. The molecule has 2 aromatic rings. The van der Waals surface area contributed by atoms with Gasteiger partial charge in [0.1, 0.15) is 11.5 Å². The van der Waals surface area contributed by atoms with Gasteiger partial charge in [-0.1, -0.05) is 30.3 Å².